The summed E-state index contributed by atoms with van der Waals surface area (Å²) < 4.78 is 7.24. The van der Waals surface area contributed by atoms with Crippen molar-refractivity contribution < 1.29 is 4.74 Å². The molecule has 2 aliphatic rings. The number of thiophene rings is 1. The second kappa shape index (κ2) is 5.88. The van der Waals surface area contributed by atoms with E-state index >= 15 is 0 Å². The SMILES string of the molecule is CCc1c[nH]c([C@@H]2C[C@]3(C[C@H](C)N2)OCCc2cc(Cl)sc23)n1. The molecule has 4 rings (SSSR count). The largest absolute Gasteiger partial charge is 0.369 e. The highest BCUT2D eigenvalue weighted by atomic mass is 35.5. The van der Waals surface area contributed by atoms with E-state index in [4.69, 9.17) is 21.3 Å². The second-order valence-corrected chi connectivity index (χ2v) is 8.34. The van der Waals surface area contributed by atoms with Gasteiger partial charge in [0.2, 0.25) is 0 Å². The highest BCUT2D eigenvalue weighted by molar-refractivity contribution is 7.16. The van der Waals surface area contributed by atoms with E-state index in [1.165, 1.54) is 10.4 Å². The number of nitrogens with one attached hydrogen (secondary N) is 2. The summed E-state index contributed by atoms with van der Waals surface area (Å²) in [6.07, 6.45) is 5.81. The lowest BCUT2D eigenvalue weighted by molar-refractivity contribution is -0.0960. The quantitative estimate of drug-likeness (QED) is 0.860. The van der Waals surface area contributed by atoms with E-state index in [9.17, 15) is 0 Å². The van der Waals surface area contributed by atoms with Crippen molar-refractivity contribution in [3.05, 3.63) is 38.6 Å². The molecule has 23 heavy (non-hydrogen) atoms. The van der Waals surface area contributed by atoms with Crippen molar-refractivity contribution in [1.82, 2.24) is 15.3 Å². The van der Waals surface area contributed by atoms with Crippen LogP contribution in [0.3, 0.4) is 0 Å². The van der Waals surface area contributed by atoms with Crippen molar-refractivity contribution in [2.45, 2.75) is 57.2 Å². The van der Waals surface area contributed by atoms with Crippen molar-refractivity contribution in [3.8, 4) is 0 Å². The number of ether oxygens (including phenoxy) is 1. The van der Waals surface area contributed by atoms with Gasteiger partial charge in [-0.3, -0.25) is 0 Å². The maximum atomic E-state index is 6.37. The molecule has 0 amide bonds. The number of imidazole rings is 1. The van der Waals surface area contributed by atoms with Gasteiger partial charge < -0.3 is 15.0 Å². The summed E-state index contributed by atoms with van der Waals surface area (Å²) in [6.45, 7) is 5.13. The average Bonchev–Trinajstić information content (AvgIpc) is 3.13. The van der Waals surface area contributed by atoms with Crippen molar-refractivity contribution in [2.75, 3.05) is 6.61 Å². The lowest BCUT2D eigenvalue weighted by Crippen LogP contribution is -2.49. The van der Waals surface area contributed by atoms with Crippen LogP contribution in [-0.2, 0) is 23.2 Å². The van der Waals surface area contributed by atoms with Crippen LogP contribution >= 0.6 is 22.9 Å². The lowest BCUT2D eigenvalue weighted by Gasteiger charge is -2.45. The van der Waals surface area contributed by atoms with Crippen LogP contribution < -0.4 is 5.32 Å². The number of halogens is 1. The predicted molar refractivity (Wildman–Crippen MR) is 93.2 cm³/mol. The Balaban J connectivity index is 1.69. The summed E-state index contributed by atoms with van der Waals surface area (Å²) in [6, 6.07) is 2.68. The molecule has 1 spiro atoms. The molecule has 4 heterocycles. The van der Waals surface area contributed by atoms with Gasteiger partial charge in [0.1, 0.15) is 11.4 Å². The zero-order chi connectivity index (χ0) is 16.0. The van der Waals surface area contributed by atoms with Crippen LogP contribution in [0.5, 0.6) is 0 Å². The average molecular weight is 352 g/mol. The highest BCUT2D eigenvalue weighted by Crippen LogP contribution is 2.49. The number of nitrogens with zero attached hydrogens (tertiary/aromatic N) is 1. The Morgan fingerprint density at radius 2 is 2.35 bits per heavy atom. The van der Waals surface area contributed by atoms with E-state index in [0.29, 0.717) is 6.04 Å². The third-order valence-electron chi connectivity index (χ3n) is 4.94. The minimum Gasteiger partial charge on any atom is -0.369 e. The van der Waals surface area contributed by atoms with Gasteiger partial charge in [0, 0.05) is 23.5 Å². The monoisotopic (exact) mass is 351 g/mol. The third-order valence-corrected chi connectivity index (χ3v) is 6.43. The van der Waals surface area contributed by atoms with Gasteiger partial charge in [-0.25, -0.2) is 4.98 Å². The molecule has 0 unspecified atom stereocenters. The molecule has 2 aromatic rings. The van der Waals surface area contributed by atoms with Gasteiger partial charge in [0.15, 0.2) is 0 Å². The normalized spacial score (nSPS) is 30.6. The number of aromatic amines is 1. The van der Waals surface area contributed by atoms with Crippen molar-refractivity contribution in [2.24, 2.45) is 0 Å². The number of rotatable bonds is 2. The van der Waals surface area contributed by atoms with Crippen molar-refractivity contribution >= 4 is 22.9 Å². The molecule has 2 aliphatic heterocycles. The molecule has 0 bridgehead atoms. The number of hydrogen-bond acceptors (Lipinski definition) is 4. The Morgan fingerprint density at radius 3 is 3.13 bits per heavy atom. The van der Waals surface area contributed by atoms with Crippen LogP contribution in [-0.4, -0.2) is 22.6 Å². The Labute approximate surface area is 145 Å². The summed E-state index contributed by atoms with van der Waals surface area (Å²) in [5.41, 5.74) is 2.26. The van der Waals surface area contributed by atoms with Gasteiger partial charge in [-0.05, 0) is 37.8 Å². The lowest BCUT2D eigenvalue weighted by atomic mass is 9.79. The molecule has 0 aliphatic carbocycles. The first-order valence-corrected chi connectivity index (χ1v) is 9.52. The van der Waals surface area contributed by atoms with E-state index < -0.39 is 0 Å². The first-order chi connectivity index (χ1) is 11.1. The fourth-order valence-corrected chi connectivity index (χ4v) is 5.44. The van der Waals surface area contributed by atoms with Gasteiger partial charge in [-0.1, -0.05) is 18.5 Å². The van der Waals surface area contributed by atoms with E-state index in [1.54, 1.807) is 11.3 Å². The molecule has 0 aromatic carbocycles. The first-order valence-electron chi connectivity index (χ1n) is 8.32. The molecule has 2 N–H and O–H groups in total. The van der Waals surface area contributed by atoms with Crippen LogP contribution in [0.15, 0.2) is 12.3 Å². The Morgan fingerprint density at radius 1 is 1.48 bits per heavy atom. The molecule has 1 saturated heterocycles. The second-order valence-electron chi connectivity index (χ2n) is 6.66. The Kier molecular flexibility index (Phi) is 4.00. The first kappa shape index (κ1) is 15.6. The zero-order valence-corrected chi connectivity index (χ0v) is 15.1. The van der Waals surface area contributed by atoms with Gasteiger partial charge in [0.25, 0.3) is 0 Å². The van der Waals surface area contributed by atoms with E-state index in [1.807, 2.05) is 6.20 Å². The molecule has 4 nitrogen and oxygen atoms in total. The highest BCUT2D eigenvalue weighted by Gasteiger charge is 2.46. The molecule has 0 saturated carbocycles. The number of fused-ring (bicyclic) bond motifs is 2. The molecule has 6 heteroatoms. The summed E-state index contributed by atoms with van der Waals surface area (Å²) in [4.78, 5) is 9.40. The fourth-order valence-electron chi connectivity index (χ4n) is 3.97. The topological polar surface area (TPSA) is 49.9 Å². The maximum absolute atomic E-state index is 6.37. The van der Waals surface area contributed by atoms with Crippen LogP contribution in [0.4, 0.5) is 0 Å². The summed E-state index contributed by atoms with van der Waals surface area (Å²) in [7, 11) is 0. The van der Waals surface area contributed by atoms with Crippen LogP contribution in [0.25, 0.3) is 0 Å². The van der Waals surface area contributed by atoms with Gasteiger partial charge in [-0.2, -0.15) is 0 Å². The molecule has 2 aromatic heterocycles. The number of aromatic nitrogens is 2. The summed E-state index contributed by atoms with van der Waals surface area (Å²) >= 11 is 7.98. The van der Waals surface area contributed by atoms with Gasteiger partial charge in [0.05, 0.1) is 22.7 Å². The zero-order valence-electron chi connectivity index (χ0n) is 13.5. The maximum Gasteiger partial charge on any atom is 0.123 e. The Bertz CT molecular complexity index is 713. The van der Waals surface area contributed by atoms with E-state index in [2.05, 4.69) is 30.2 Å². The number of H-pyrrole nitrogens is 1. The molecule has 0 radical (unpaired) electrons. The molecular weight excluding hydrogens is 330 g/mol. The Hall–Kier alpha value is -0.880. The summed E-state index contributed by atoms with van der Waals surface area (Å²) in [5, 5.41) is 3.68. The smallest absolute Gasteiger partial charge is 0.123 e. The van der Waals surface area contributed by atoms with Gasteiger partial charge in [-0.15, -0.1) is 11.3 Å². The standard InChI is InChI=1S/C17H22ClN3OS/c1-3-12-9-19-16(21-12)13-8-17(7-10(2)20-13)15-11(4-5-22-17)6-14(18)23-15/h6,9-10,13,20H,3-5,7-8H2,1-2H3,(H,19,21)/t10-,13-,17-/m0/s1. The number of hydrogen-bond donors (Lipinski definition) is 2. The van der Waals surface area contributed by atoms with Crippen molar-refractivity contribution in [1.29, 1.82) is 0 Å². The summed E-state index contributed by atoms with van der Waals surface area (Å²) in [5.74, 6) is 1.02. The number of aryl methyl sites for hydroxylation is 1. The molecule has 1 fully saturated rings. The van der Waals surface area contributed by atoms with Crippen LogP contribution in [0, 0.1) is 0 Å². The van der Waals surface area contributed by atoms with Gasteiger partial charge >= 0.3 is 0 Å². The fraction of sp³-hybridized carbons (Fsp3) is 0.588. The predicted octanol–water partition coefficient (Wildman–Crippen LogP) is 3.97. The minimum atomic E-state index is -0.222. The molecule has 124 valence electrons. The minimum absolute atomic E-state index is 0.186. The van der Waals surface area contributed by atoms with E-state index in [-0.39, 0.29) is 11.6 Å². The van der Waals surface area contributed by atoms with Crippen LogP contribution in [0.1, 0.15) is 54.7 Å². The van der Waals surface area contributed by atoms with E-state index in [0.717, 1.165) is 48.1 Å². The number of piperidine rings is 1. The van der Waals surface area contributed by atoms with Crippen molar-refractivity contribution in [3.63, 3.8) is 0 Å². The third kappa shape index (κ3) is 2.74. The molecule has 3 atom stereocenters. The molecular formula is C17H22ClN3OS. The van der Waals surface area contributed by atoms with Crippen LogP contribution in [0.2, 0.25) is 4.34 Å².